The molecule has 0 unspecified atom stereocenters. The lowest BCUT2D eigenvalue weighted by molar-refractivity contribution is -0.616. The van der Waals surface area contributed by atoms with Gasteiger partial charge in [0.15, 0.2) is 5.69 Å². The van der Waals surface area contributed by atoms with Gasteiger partial charge in [0.25, 0.3) is 5.69 Å². The summed E-state index contributed by atoms with van der Waals surface area (Å²) in [5.74, 6) is -0.115. The Morgan fingerprint density at radius 1 is 1.17 bits per heavy atom. The van der Waals surface area contributed by atoms with Crippen molar-refractivity contribution in [2.75, 3.05) is 23.3 Å². The molecule has 3 heterocycles. The lowest BCUT2D eigenvalue weighted by atomic mass is 9.84. The number of rotatable bonds is 5. The number of hydrogen-bond acceptors (Lipinski definition) is 5. The van der Waals surface area contributed by atoms with Crippen molar-refractivity contribution < 1.29 is 14.6 Å². The van der Waals surface area contributed by atoms with Crippen molar-refractivity contribution in [1.82, 2.24) is 9.78 Å². The molecule has 3 fully saturated rings. The Morgan fingerprint density at radius 2 is 1.91 bits per heavy atom. The van der Waals surface area contributed by atoms with Gasteiger partial charge in [0.2, 0.25) is 0 Å². The molecule has 2 N–H and O–H groups in total. The van der Waals surface area contributed by atoms with Gasteiger partial charge >= 0.3 is 5.91 Å². The number of benzene rings is 1. The number of nitrogens with one attached hydrogen (secondary N) is 1. The predicted octanol–water partition coefficient (Wildman–Crippen LogP) is 4.27. The number of hydrogen-bond donors (Lipinski definition) is 2. The summed E-state index contributed by atoms with van der Waals surface area (Å²) in [6, 6.07) is 9.54. The van der Waals surface area contributed by atoms with Crippen molar-refractivity contribution in [2.24, 2.45) is 0 Å². The first kappa shape index (κ1) is 22.3. The SMILES string of the molecule is CC1(O)CCC(n2cc3cc(NC(=O)c4cccc(C5CC5)[n+]4[O-])c(N4CCCC4)cc3n2)CC1. The summed E-state index contributed by atoms with van der Waals surface area (Å²) in [5, 5.41) is 32.1. The normalized spacial score (nSPS) is 24.7. The molecule has 2 saturated carbocycles. The summed E-state index contributed by atoms with van der Waals surface area (Å²) >= 11 is 0. The van der Waals surface area contributed by atoms with Crippen LogP contribution in [-0.2, 0) is 0 Å². The molecule has 0 radical (unpaired) electrons. The van der Waals surface area contributed by atoms with Crippen LogP contribution in [0.3, 0.4) is 0 Å². The molecule has 3 aromatic rings. The zero-order valence-electron chi connectivity index (χ0n) is 20.2. The maximum absolute atomic E-state index is 13.3. The van der Waals surface area contributed by atoms with Crippen molar-refractivity contribution in [3.05, 3.63) is 53.1 Å². The van der Waals surface area contributed by atoms with Crippen LogP contribution >= 0.6 is 0 Å². The lowest BCUT2D eigenvalue weighted by Gasteiger charge is -2.33. The largest absolute Gasteiger partial charge is 0.618 e. The van der Waals surface area contributed by atoms with Gasteiger partial charge in [0.05, 0.1) is 28.5 Å². The van der Waals surface area contributed by atoms with Crippen molar-refractivity contribution >= 4 is 28.2 Å². The van der Waals surface area contributed by atoms with E-state index >= 15 is 0 Å². The van der Waals surface area contributed by atoms with Gasteiger partial charge in [-0.1, -0.05) is 0 Å². The van der Waals surface area contributed by atoms with E-state index in [9.17, 15) is 15.1 Å². The molecule has 184 valence electrons. The van der Waals surface area contributed by atoms with Crippen molar-refractivity contribution in [3.8, 4) is 0 Å². The molecule has 2 aliphatic carbocycles. The van der Waals surface area contributed by atoms with E-state index in [1.165, 1.54) is 0 Å². The zero-order valence-corrected chi connectivity index (χ0v) is 20.2. The fraction of sp³-hybridized carbons (Fsp3) is 0.519. The van der Waals surface area contributed by atoms with Gasteiger partial charge in [-0.05, 0) is 76.5 Å². The Labute approximate surface area is 205 Å². The summed E-state index contributed by atoms with van der Waals surface area (Å²) < 4.78 is 2.83. The van der Waals surface area contributed by atoms with E-state index in [-0.39, 0.29) is 23.6 Å². The maximum atomic E-state index is 13.3. The van der Waals surface area contributed by atoms with Gasteiger partial charge in [0, 0.05) is 42.7 Å². The van der Waals surface area contributed by atoms with Crippen LogP contribution in [0.1, 0.15) is 86.4 Å². The molecule has 1 amide bonds. The second kappa shape index (κ2) is 8.52. The predicted molar refractivity (Wildman–Crippen MR) is 135 cm³/mol. The number of amides is 1. The monoisotopic (exact) mass is 475 g/mol. The number of nitrogens with zero attached hydrogens (tertiary/aromatic N) is 4. The summed E-state index contributed by atoms with van der Waals surface area (Å²) in [5.41, 5.74) is 2.80. The van der Waals surface area contributed by atoms with Gasteiger partial charge in [-0.15, -0.1) is 0 Å². The van der Waals surface area contributed by atoms with Crippen molar-refractivity contribution in [3.63, 3.8) is 0 Å². The highest BCUT2D eigenvalue weighted by molar-refractivity contribution is 6.05. The minimum absolute atomic E-state index is 0.131. The van der Waals surface area contributed by atoms with E-state index in [1.807, 2.05) is 29.9 Å². The fourth-order valence-corrected chi connectivity index (χ4v) is 5.62. The van der Waals surface area contributed by atoms with Crippen LogP contribution in [0.5, 0.6) is 0 Å². The van der Waals surface area contributed by atoms with Gasteiger partial charge in [0.1, 0.15) is 0 Å². The van der Waals surface area contributed by atoms with Gasteiger partial charge in [-0.25, -0.2) is 0 Å². The lowest BCUT2D eigenvalue weighted by Crippen LogP contribution is -2.40. The third kappa shape index (κ3) is 4.35. The summed E-state index contributed by atoms with van der Waals surface area (Å²) in [6.45, 7) is 3.78. The summed E-state index contributed by atoms with van der Waals surface area (Å²) in [6.07, 6.45) is 9.61. The van der Waals surface area contributed by atoms with E-state index in [1.54, 1.807) is 12.1 Å². The number of aliphatic hydroxyl groups is 1. The molecular formula is C27H33N5O3. The van der Waals surface area contributed by atoms with E-state index in [0.29, 0.717) is 11.4 Å². The molecule has 35 heavy (non-hydrogen) atoms. The Bertz CT molecular complexity index is 1260. The summed E-state index contributed by atoms with van der Waals surface area (Å²) in [7, 11) is 0. The summed E-state index contributed by atoms with van der Waals surface area (Å²) in [4.78, 5) is 15.5. The topological polar surface area (TPSA) is 97.3 Å². The molecule has 1 saturated heterocycles. The number of anilines is 2. The minimum Gasteiger partial charge on any atom is -0.618 e. The first-order chi connectivity index (χ1) is 16.9. The van der Waals surface area contributed by atoms with Gasteiger partial charge < -0.3 is 20.5 Å². The highest BCUT2D eigenvalue weighted by atomic mass is 16.5. The van der Waals surface area contributed by atoms with E-state index in [2.05, 4.69) is 16.3 Å². The number of fused-ring (bicyclic) bond motifs is 1. The van der Waals surface area contributed by atoms with Crippen LogP contribution in [0, 0.1) is 5.21 Å². The van der Waals surface area contributed by atoms with Crippen molar-refractivity contribution in [2.45, 2.75) is 75.9 Å². The third-order valence-corrected chi connectivity index (χ3v) is 7.94. The zero-order chi connectivity index (χ0) is 24.2. The molecule has 8 heteroatoms. The fourth-order valence-electron chi connectivity index (χ4n) is 5.62. The number of aromatic nitrogens is 3. The van der Waals surface area contributed by atoms with Crippen LogP contribution < -0.4 is 14.9 Å². The molecule has 0 spiro atoms. The number of pyridine rings is 1. The first-order valence-electron chi connectivity index (χ1n) is 12.9. The van der Waals surface area contributed by atoms with E-state index in [0.717, 1.165) is 85.8 Å². The Hall–Kier alpha value is -3.13. The quantitative estimate of drug-likeness (QED) is 0.424. The smallest absolute Gasteiger partial charge is 0.321 e. The maximum Gasteiger partial charge on any atom is 0.321 e. The molecule has 1 aliphatic heterocycles. The van der Waals surface area contributed by atoms with Gasteiger partial charge in [-0.2, -0.15) is 9.83 Å². The van der Waals surface area contributed by atoms with Crippen LogP contribution in [0.2, 0.25) is 0 Å². The highest BCUT2D eigenvalue weighted by Crippen LogP contribution is 2.39. The van der Waals surface area contributed by atoms with E-state index in [4.69, 9.17) is 5.10 Å². The second-order valence-corrected chi connectivity index (χ2v) is 10.8. The molecule has 2 aromatic heterocycles. The van der Waals surface area contributed by atoms with Crippen LogP contribution in [-0.4, -0.2) is 39.5 Å². The van der Waals surface area contributed by atoms with Crippen LogP contribution in [0.4, 0.5) is 11.4 Å². The first-order valence-corrected chi connectivity index (χ1v) is 12.9. The Morgan fingerprint density at radius 3 is 2.63 bits per heavy atom. The molecular weight excluding hydrogens is 442 g/mol. The molecule has 8 nitrogen and oxygen atoms in total. The number of carbonyl (C=O) groups is 1. The Kier molecular flexibility index (Phi) is 5.44. The molecule has 1 aromatic carbocycles. The molecule has 0 bridgehead atoms. The Balaban J connectivity index is 1.33. The average Bonchev–Trinajstić information content (AvgIpc) is 3.35. The van der Waals surface area contributed by atoms with Gasteiger partial charge in [-0.3, -0.25) is 9.48 Å². The van der Waals surface area contributed by atoms with Crippen LogP contribution in [0.25, 0.3) is 10.9 Å². The highest BCUT2D eigenvalue weighted by Gasteiger charge is 2.33. The molecule has 3 aliphatic rings. The third-order valence-electron chi connectivity index (χ3n) is 7.94. The minimum atomic E-state index is -0.585. The van der Waals surface area contributed by atoms with Crippen LogP contribution in [0.15, 0.2) is 36.5 Å². The van der Waals surface area contributed by atoms with E-state index < -0.39 is 5.60 Å². The van der Waals surface area contributed by atoms with Crippen molar-refractivity contribution in [1.29, 1.82) is 0 Å². The number of carbonyl (C=O) groups excluding carboxylic acids is 1. The average molecular weight is 476 g/mol. The standard InChI is InChI=1S/C27H33N5O3/c1-27(34)11-9-20(10-12-27)31-17-19-15-22(25(16-21(19)29-31)30-13-2-3-14-30)28-26(33)24-6-4-5-23(32(24)35)18-7-8-18/h4-6,15-18,20,34H,2-3,7-14H2,1H3,(H,28,33). The second-order valence-electron chi connectivity index (χ2n) is 10.8. The molecule has 0 atom stereocenters. The molecule has 6 rings (SSSR count).